The van der Waals surface area contributed by atoms with Crippen LogP contribution in [0.25, 0.3) is 0 Å². The van der Waals surface area contributed by atoms with E-state index in [0.29, 0.717) is 31.1 Å². The highest BCUT2D eigenvalue weighted by molar-refractivity contribution is 5.96. The number of methoxy groups -OCH3 is 1. The predicted molar refractivity (Wildman–Crippen MR) is 108 cm³/mol. The third-order valence-corrected chi connectivity index (χ3v) is 5.00. The molecule has 2 aromatic carbocycles. The fraction of sp³-hybridized carbons (Fsp3) is 0.217. The highest BCUT2D eigenvalue weighted by Gasteiger charge is 2.32. The Bertz CT molecular complexity index is 945. The number of carbonyl (C=O) groups excluding carboxylic acids is 1. The molecule has 1 fully saturated rings. The fourth-order valence-corrected chi connectivity index (χ4v) is 3.50. The second-order valence-corrected chi connectivity index (χ2v) is 6.80. The molecule has 142 valence electrons. The normalized spacial score (nSPS) is 16.2. The zero-order chi connectivity index (χ0) is 19.3. The lowest BCUT2D eigenvalue weighted by atomic mass is 9.98. The van der Waals surface area contributed by atoms with Gasteiger partial charge in [-0.15, -0.1) is 0 Å². The lowest BCUT2D eigenvalue weighted by molar-refractivity contribution is -0.117. The Morgan fingerprint density at radius 1 is 1.04 bits per heavy atom. The van der Waals surface area contributed by atoms with E-state index in [9.17, 15) is 4.79 Å². The van der Waals surface area contributed by atoms with Gasteiger partial charge in [-0.25, -0.2) is 0 Å². The van der Waals surface area contributed by atoms with E-state index in [4.69, 9.17) is 9.47 Å². The van der Waals surface area contributed by atoms with Crippen LogP contribution in [-0.4, -0.2) is 24.5 Å². The third-order valence-electron chi connectivity index (χ3n) is 5.00. The van der Waals surface area contributed by atoms with Crippen LogP contribution >= 0.6 is 0 Å². The van der Waals surface area contributed by atoms with Gasteiger partial charge < -0.3 is 14.4 Å². The maximum atomic E-state index is 12.5. The summed E-state index contributed by atoms with van der Waals surface area (Å²) in [5.74, 6) is 1.62. The molecule has 5 nitrogen and oxygen atoms in total. The number of anilines is 1. The Kier molecular flexibility index (Phi) is 5.24. The first-order valence-electron chi connectivity index (χ1n) is 9.29. The SMILES string of the molecule is COc1ccc([C@H]2CC(=O)N(c3ccncc3)C2)cc1OCc1ccccc1. The molecule has 1 saturated heterocycles. The third kappa shape index (κ3) is 3.83. The van der Waals surface area contributed by atoms with E-state index < -0.39 is 0 Å². The van der Waals surface area contributed by atoms with Gasteiger partial charge in [0.05, 0.1) is 7.11 Å². The van der Waals surface area contributed by atoms with Gasteiger partial charge >= 0.3 is 0 Å². The number of amides is 1. The number of ether oxygens (including phenoxy) is 2. The Morgan fingerprint density at radius 3 is 2.57 bits per heavy atom. The van der Waals surface area contributed by atoms with Crippen LogP contribution in [0.15, 0.2) is 73.1 Å². The molecule has 0 saturated carbocycles. The van der Waals surface area contributed by atoms with Crippen LogP contribution in [-0.2, 0) is 11.4 Å². The van der Waals surface area contributed by atoms with E-state index in [2.05, 4.69) is 4.98 Å². The largest absolute Gasteiger partial charge is 0.493 e. The molecule has 1 aliphatic rings. The van der Waals surface area contributed by atoms with E-state index in [-0.39, 0.29) is 11.8 Å². The van der Waals surface area contributed by atoms with E-state index in [1.54, 1.807) is 19.5 Å². The molecule has 2 heterocycles. The Hall–Kier alpha value is -3.34. The molecule has 5 heteroatoms. The summed E-state index contributed by atoms with van der Waals surface area (Å²) >= 11 is 0. The minimum Gasteiger partial charge on any atom is -0.493 e. The lowest BCUT2D eigenvalue weighted by Gasteiger charge is -2.17. The van der Waals surface area contributed by atoms with Crippen LogP contribution < -0.4 is 14.4 Å². The first-order chi connectivity index (χ1) is 13.7. The van der Waals surface area contributed by atoms with Gasteiger partial charge in [-0.1, -0.05) is 36.4 Å². The molecule has 1 aromatic heterocycles. The first-order valence-corrected chi connectivity index (χ1v) is 9.29. The summed E-state index contributed by atoms with van der Waals surface area (Å²) in [6, 6.07) is 19.7. The van der Waals surface area contributed by atoms with Crippen LogP contribution in [0.1, 0.15) is 23.5 Å². The summed E-state index contributed by atoms with van der Waals surface area (Å²) in [5, 5.41) is 0. The van der Waals surface area contributed by atoms with Crippen molar-refractivity contribution in [1.82, 2.24) is 4.98 Å². The molecule has 4 rings (SSSR count). The lowest BCUT2D eigenvalue weighted by Crippen LogP contribution is -2.24. The maximum Gasteiger partial charge on any atom is 0.227 e. The second-order valence-electron chi connectivity index (χ2n) is 6.80. The molecule has 0 bridgehead atoms. The van der Waals surface area contributed by atoms with Crippen LogP contribution in [0, 0.1) is 0 Å². The van der Waals surface area contributed by atoms with Crippen molar-refractivity contribution in [2.75, 3.05) is 18.6 Å². The van der Waals surface area contributed by atoms with Gasteiger partial charge in [0.25, 0.3) is 0 Å². The average molecular weight is 374 g/mol. The molecule has 0 radical (unpaired) electrons. The zero-order valence-corrected chi connectivity index (χ0v) is 15.7. The summed E-state index contributed by atoms with van der Waals surface area (Å²) in [7, 11) is 1.63. The van der Waals surface area contributed by atoms with Crippen molar-refractivity contribution in [3.8, 4) is 11.5 Å². The van der Waals surface area contributed by atoms with Crippen molar-refractivity contribution in [2.24, 2.45) is 0 Å². The number of carbonyl (C=O) groups is 1. The van der Waals surface area contributed by atoms with Gasteiger partial charge in [-0.3, -0.25) is 9.78 Å². The van der Waals surface area contributed by atoms with Gasteiger partial charge in [0.2, 0.25) is 5.91 Å². The van der Waals surface area contributed by atoms with Crippen molar-refractivity contribution in [2.45, 2.75) is 18.9 Å². The van der Waals surface area contributed by atoms with E-state index in [1.807, 2.05) is 65.6 Å². The second kappa shape index (κ2) is 8.13. The quantitative estimate of drug-likeness (QED) is 0.649. The molecule has 1 aliphatic heterocycles. The van der Waals surface area contributed by atoms with Gasteiger partial charge in [0.15, 0.2) is 11.5 Å². The Balaban J connectivity index is 1.53. The minimum atomic E-state index is 0.116. The van der Waals surface area contributed by atoms with Gasteiger partial charge in [-0.05, 0) is 35.4 Å². The monoisotopic (exact) mass is 374 g/mol. The molecule has 0 unspecified atom stereocenters. The average Bonchev–Trinajstić information content (AvgIpc) is 3.15. The summed E-state index contributed by atoms with van der Waals surface area (Å²) in [6.45, 7) is 1.11. The summed E-state index contributed by atoms with van der Waals surface area (Å²) < 4.78 is 11.5. The number of hydrogen-bond donors (Lipinski definition) is 0. The van der Waals surface area contributed by atoms with Crippen molar-refractivity contribution >= 4 is 11.6 Å². The number of benzene rings is 2. The molecule has 28 heavy (non-hydrogen) atoms. The molecule has 3 aromatic rings. The number of aromatic nitrogens is 1. The van der Waals surface area contributed by atoms with E-state index in [0.717, 1.165) is 16.8 Å². The highest BCUT2D eigenvalue weighted by atomic mass is 16.5. The van der Waals surface area contributed by atoms with Crippen molar-refractivity contribution < 1.29 is 14.3 Å². The highest BCUT2D eigenvalue weighted by Crippen LogP contribution is 2.36. The summed E-state index contributed by atoms with van der Waals surface area (Å²) in [4.78, 5) is 18.4. The number of hydrogen-bond acceptors (Lipinski definition) is 4. The van der Waals surface area contributed by atoms with Crippen molar-refractivity contribution in [3.05, 3.63) is 84.2 Å². The van der Waals surface area contributed by atoms with E-state index >= 15 is 0 Å². The molecule has 0 N–H and O–H groups in total. The maximum absolute atomic E-state index is 12.5. The van der Waals surface area contributed by atoms with Gasteiger partial charge in [0, 0.05) is 37.0 Å². The minimum absolute atomic E-state index is 0.116. The summed E-state index contributed by atoms with van der Waals surface area (Å²) in [5.41, 5.74) is 3.06. The standard InChI is InChI=1S/C23H22N2O3/c1-27-21-8-7-18(13-22(21)28-16-17-5-3-2-4-6-17)19-14-23(26)25(15-19)20-9-11-24-12-10-20/h2-13,19H,14-16H2,1H3/t19-/m0/s1. The smallest absolute Gasteiger partial charge is 0.227 e. The van der Waals surface area contributed by atoms with Gasteiger partial charge in [-0.2, -0.15) is 0 Å². The molecular formula is C23H22N2O3. The number of pyridine rings is 1. The Labute approximate surface area is 164 Å². The number of rotatable bonds is 6. The van der Waals surface area contributed by atoms with Crippen molar-refractivity contribution in [3.63, 3.8) is 0 Å². The van der Waals surface area contributed by atoms with Crippen LogP contribution in [0.2, 0.25) is 0 Å². The van der Waals surface area contributed by atoms with Crippen LogP contribution in [0.3, 0.4) is 0 Å². The molecule has 0 aliphatic carbocycles. The molecular weight excluding hydrogens is 352 g/mol. The number of nitrogens with zero attached hydrogens (tertiary/aromatic N) is 2. The van der Waals surface area contributed by atoms with Crippen LogP contribution in [0.5, 0.6) is 11.5 Å². The summed E-state index contributed by atoms with van der Waals surface area (Å²) in [6.07, 6.45) is 3.89. The fourth-order valence-electron chi connectivity index (χ4n) is 3.50. The first kappa shape index (κ1) is 18.0. The molecule has 1 atom stereocenters. The van der Waals surface area contributed by atoms with Crippen LogP contribution in [0.4, 0.5) is 5.69 Å². The zero-order valence-electron chi connectivity index (χ0n) is 15.7. The topological polar surface area (TPSA) is 51.7 Å². The van der Waals surface area contributed by atoms with E-state index in [1.165, 1.54) is 0 Å². The molecule has 0 spiro atoms. The molecule has 1 amide bonds. The predicted octanol–water partition coefficient (Wildman–Crippen LogP) is 4.19. The Morgan fingerprint density at radius 2 is 1.82 bits per heavy atom. The van der Waals surface area contributed by atoms with Gasteiger partial charge in [0.1, 0.15) is 6.61 Å². The van der Waals surface area contributed by atoms with Crippen molar-refractivity contribution in [1.29, 1.82) is 0 Å².